The zero-order valence-corrected chi connectivity index (χ0v) is 13.8. The number of carbonyl (C=O) groups is 1. The molecule has 1 N–H and O–H groups in total. The van der Waals surface area contributed by atoms with Gasteiger partial charge in [0.2, 0.25) is 0 Å². The normalized spacial score (nSPS) is 16.9. The number of nitrogens with one attached hydrogen (secondary N) is 1. The maximum atomic E-state index is 11.9. The van der Waals surface area contributed by atoms with Crippen LogP contribution in [-0.4, -0.2) is 42.0 Å². The lowest BCUT2D eigenvalue weighted by Crippen LogP contribution is -2.35. The quantitative estimate of drug-likeness (QED) is 0.666. The molecule has 1 amide bonds. The minimum atomic E-state index is -0.159. The minimum Gasteiger partial charge on any atom is -0.352 e. The van der Waals surface area contributed by atoms with E-state index in [1.54, 1.807) is 0 Å². The highest BCUT2D eigenvalue weighted by Crippen LogP contribution is 2.19. The number of nitrogens with zero attached hydrogens (tertiary/aromatic N) is 2. The fourth-order valence-electron chi connectivity index (χ4n) is 2.44. The van der Waals surface area contributed by atoms with E-state index in [1.807, 2.05) is 0 Å². The van der Waals surface area contributed by atoms with Crippen LogP contribution in [0.5, 0.6) is 0 Å². The maximum absolute atomic E-state index is 11.9. The number of piperidine rings is 1. The molecular weight excluding hydrogens is 309 g/mol. The summed E-state index contributed by atoms with van der Waals surface area (Å²) in [5.74, 6) is 0.691. The predicted octanol–water partition coefficient (Wildman–Crippen LogP) is 3.24. The maximum Gasteiger partial charge on any atom is 0.252 e. The van der Waals surface area contributed by atoms with Crippen molar-refractivity contribution in [3.63, 3.8) is 0 Å². The minimum absolute atomic E-state index is 0.159. The van der Waals surface area contributed by atoms with Crippen molar-refractivity contribution in [3.05, 3.63) is 28.0 Å². The van der Waals surface area contributed by atoms with Gasteiger partial charge in [0.1, 0.15) is 5.15 Å². The molecule has 21 heavy (non-hydrogen) atoms. The molecule has 1 saturated heterocycles. The van der Waals surface area contributed by atoms with Gasteiger partial charge in [0, 0.05) is 12.7 Å². The van der Waals surface area contributed by atoms with E-state index in [0.29, 0.717) is 17.1 Å². The van der Waals surface area contributed by atoms with E-state index in [2.05, 4.69) is 22.1 Å². The monoisotopic (exact) mass is 329 g/mol. The van der Waals surface area contributed by atoms with Gasteiger partial charge in [-0.3, -0.25) is 4.79 Å². The van der Waals surface area contributed by atoms with Crippen LogP contribution in [0, 0.1) is 5.92 Å². The molecule has 2 heterocycles. The fourth-order valence-corrected chi connectivity index (χ4v) is 2.71. The third-order valence-electron chi connectivity index (χ3n) is 3.87. The largest absolute Gasteiger partial charge is 0.352 e. The number of hydrogen-bond donors (Lipinski definition) is 1. The average Bonchev–Trinajstić information content (AvgIpc) is 2.48. The number of aromatic nitrogens is 1. The number of halogens is 2. The third-order valence-corrected chi connectivity index (χ3v) is 4.56. The van der Waals surface area contributed by atoms with Gasteiger partial charge in [-0.1, -0.05) is 30.1 Å². The number of pyridine rings is 1. The van der Waals surface area contributed by atoms with Gasteiger partial charge in [0.25, 0.3) is 5.91 Å². The van der Waals surface area contributed by atoms with E-state index >= 15 is 0 Å². The van der Waals surface area contributed by atoms with Crippen molar-refractivity contribution >= 4 is 29.1 Å². The first-order valence-electron chi connectivity index (χ1n) is 7.38. The summed E-state index contributed by atoms with van der Waals surface area (Å²) < 4.78 is 0. The van der Waals surface area contributed by atoms with Crippen LogP contribution in [0.3, 0.4) is 0 Å². The molecule has 0 radical (unpaired) electrons. The molecule has 0 atom stereocenters. The summed E-state index contributed by atoms with van der Waals surface area (Å²) >= 11 is 11.6. The first-order chi connectivity index (χ1) is 10.1. The Hall–Kier alpha value is -0.840. The van der Waals surface area contributed by atoms with Crippen molar-refractivity contribution in [1.29, 1.82) is 0 Å². The van der Waals surface area contributed by atoms with Gasteiger partial charge in [-0.15, -0.1) is 0 Å². The fraction of sp³-hybridized carbons (Fsp3) is 0.600. The lowest BCUT2D eigenvalue weighted by Gasteiger charge is -2.30. The van der Waals surface area contributed by atoms with Crippen molar-refractivity contribution in [3.8, 4) is 0 Å². The second-order valence-electron chi connectivity index (χ2n) is 5.63. The SMILES string of the molecule is CC1CCN(CCCNC(=O)c2cnc(Cl)c(Cl)c2)CC1. The topological polar surface area (TPSA) is 45.2 Å². The Bertz CT molecular complexity index is 488. The van der Waals surface area contributed by atoms with Crippen LogP contribution >= 0.6 is 23.2 Å². The highest BCUT2D eigenvalue weighted by molar-refractivity contribution is 6.41. The molecule has 0 saturated carbocycles. The van der Waals surface area contributed by atoms with E-state index in [-0.39, 0.29) is 11.1 Å². The number of amides is 1. The molecule has 0 bridgehead atoms. The summed E-state index contributed by atoms with van der Waals surface area (Å²) in [5, 5.41) is 3.40. The number of likely N-dealkylation sites (tertiary alicyclic amines) is 1. The summed E-state index contributed by atoms with van der Waals surface area (Å²) in [4.78, 5) is 18.3. The molecule has 0 aliphatic carbocycles. The van der Waals surface area contributed by atoms with Crippen molar-refractivity contribution in [1.82, 2.24) is 15.2 Å². The number of carbonyl (C=O) groups excluding carboxylic acids is 1. The molecule has 1 fully saturated rings. The van der Waals surface area contributed by atoms with Gasteiger partial charge >= 0.3 is 0 Å². The van der Waals surface area contributed by atoms with Gasteiger partial charge in [-0.05, 0) is 50.9 Å². The summed E-state index contributed by atoms with van der Waals surface area (Å²) in [6.07, 6.45) is 4.95. The first-order valence-corrected chi connectivity index (χ1v) is 8.13. The van der Waals surface area contributed by atoms with Crippen LogP contribution in [0.25, 0.3) is 0 Å². The van der Waals surface area contributed by atoms with Gasteiger partial charge in [0.05, 0.1) is 10.6 Å². The molecule has 1 aromatic heterocycles. The molecule has 116 valence electrons. The Labute approximate surface area is 135 Å². The molecule has 0 spiro atoms. The molecule has 2 rings (SSSR count). The van der Waals surface area contributed by atoms with Crippen LogP contribution < -0.4 is 5.32 Å². The summed E-state index contributed by atoms with van der Waals surface area (Å²) in [7, 11) is 0. The Morgan fingerprint density at radius 3 is 2.81 bits per heavy atom. The second-order valence-corrected chi connectivity index (χ2v) is 6.40. The third kappa shape index (κ3) is 5.13. The van der Waals surface area contributed by atoms with Crippen LogP contribution in [0.4, 0.5) is 0 Å². The van der Waals surface area contributed by atoms with E-state index in [1.165, 1.54) is 38.2 Å². The Morgan fingerprint density at radius 1 is 1.43 bits per heavy atom. The average molecular weight is 330 g/mol. The van der Waals surface area contributed by atoms with Crippen LogP contribution in [-0.2, 0) is 0 Å². The summed E-state index contributed by atoms with van der Waals surface area (Å²) in [6.45, 7) is 6.35. The smallest absolute Gasteiger partial charge is 0.252 e. The second kappa shape index (κ2) is 7.97. The van der Waals surface area contributed by atoms with Gasteiger partial charge in [0.15, 0.2) is 0 Å². The lowest BCUT2D eigenvalue weighted by molar-refractivity contribution is 0.0950. The summed E-state index contributed by atoms with van der Waals surface area (Å²) in [6, 6.07) is 1.54. The molecule has 0 aromatic carbocycles. The van der Waals surface area contributed by atoms with E-state index in [9.17, 15) is 4.79 Å². The highest BCUT2D eigenvalue weighted by Gasteiger charge is 2.15. The number of hydrogen-bond acceptors (Lipinski definition) is 3. The van der Waals surface area contributed by atoms with Crippen molar-refractivity contribution < 1.29 is 4.79 Å². The van der Waals surface area contributed by atoms with E-state index in [4.69, 9.17) is 23.2 Å². The van der Waals surface area contributed by atoms with Crippen LogP contribution in [0.2, 0.25) is 10.2 Å². The zero-order chi connectivity index (χ0) is 15.2. The Balaban J connectivity index is 1.68. The molecule has 4 nitrogen and oxygen atoms in total. The Morgan fingerprint density at radius 2 is 2.14 bits per heavy atom. The molecule has 6 heteroatoms. The predicted molar refractivity (Wildman–Crippen MR) is 86.0 cm³/mol. The van der Waals surface area contributed by atoms with Gasteiger partial charge < -0.3 is 10.2 Å². The molecule has 1 aliphatic heterocycles. The summed E-state index contributed by atoms with van der Waals surface area (Å²) in [5.41, 5.74) is 0.441. The molecular formula is C15H21Cl2N3O. The van der Waals surface area contributed by atoms with Crippen molar-refractivity contribution in [2.24, 2.45) is 5.92 Å². The van der Waals surface area contributed by atoms with E-state index in [0.717, 1.165) is 18.9 Å². The first kappa shape index (κ1) is 16.5. The standard InChI is InChI=1S/C15H21Cl2N3O/c1-11-3-7-20(8-4-11)6-2-5-18-15(21)12-9-13(16)14(17)19-10-12/h9-11H,2-8H2,1H3,(H,18,21). The Kier molecular flexibility index (Phi) is 6.27. The van der Waals surface area contributed by atoms with Crippen LogP contribution in [0.15, 0.2) is 12.3 Å². The molecule has 1 aromatic rings. The zero-order valence-electron chi connectivity index (χ0n) is 12.2. The van der Waals surface area contributed by atoms with Crippen molar-refractivity contribution in [2.75, 3.05) is 26.2 Å². The molecule has 1 aliphatic rings. The molecule has 0 unspecified atom stereocenters. The van der Waals surface area contributed by atoms with E-state index < -0.39 is 0 Å². The van der Waals surface area contributed by atoms with Crippen molar-refractivity contribution in [2.45, 2.75) is 26.2 Å². The number of rotatable bonds is 5. The highest BCUT2D eigenvalue weighted by atomic mass is 35.5. The van der Waals surface area contributed by atoms with Crippen LogP contribution in [0.1, 0.15) is 36.5 Å². The lowest BCUT2D eigenvalue weighted by atomic mass is 9.99. The van der Waals surface area contributed by atoms with Gasteiger partial charge in [-0.2, -0.15) is 0 Å². The van der Waals surface area contributed by atoms with Gasteiger partial charge in [-0.25, -0.2) is 4.98 Å².